The van der Waals surface area contributed by atoms with Gasteiger partial charge in [0.2, 0.25) is 0 Å². The molecule has 15 heavy (non-hydrogen) atoms. The molecule has 3 nitrogen and oxygen atoms in total. The van der Waals surface area contributed by atoms with Gasteiger partial charge in [0, 0.05) is 13.1 Å². The van der Waals surface area contributed by atoms with Gasteiger partial charge in [-0.2, -0.15) is 0 Å². The first kappa shape index (κ1) is 12.9. The molecule has 1 aliphatic rings. The van der Waals surface area contributed by atoms with Crippen molar-refractivity contribution in [3.05, 3.63) is 0 Å². The second-order valence-electron chi connectivity index (χ2n) is 5.35. The molecule has 0 saturated heterocycles. The molecule has 0 bridgehead atoms. The van der Waals surface area contributed by atoms with Crippen LogP contribution in [0.1, 0.15) is 33.6 Å². The zero-order valence-corrected chi connectivity index (χ0v) is 10.2. The van der Waals surface area contributed by atoms with Crippen LogP contribution < -0.4 is 0 Å². The molecule has 2 unspecified atom stereocenters. The minimum absolute atomic E-state index is 0.0727. The molecule has 0 heterocycles. The molecular weight excluding hydrogens is 190 g/mol. The fourth-order valence-corrected chi connectivity index (χ4v) is 2.54. The van der Waals surface area contributed by atoms with E-state index in [0.29, 0.717) is 5.92 Å². The van der Waals surface area contributed by atoms with Gasteiger partial charge in [0.05, 0.1) is 12.7 Å². The Kier molecular flexibility index (Phi) is 4.56. The Morgan fingerprint density at radius 1 is 1.40 bits per heavy atom. The maximum Gasteiger partial charge on any atom is 0.0631 e. The minimum Gasteiger partial charge on any atom is -0.395 e. The van der Waals surface area contributed by atoms with E-state index in [1.54, 1.807) is 0 Å². The first-order valence-electron chi connectivity index (χ1n) is 6.02. The third-order valence-corrected chi connectivity index (χ3v) is 3.76. The van der Waals surface area contributed by atoms with Crippen molar-refractivity contribution >= 4 is 0 Å². The zero-order chi connectivity index (χ0) is 11.5. The van der Waals surface area contributed by atoms with E-state index in [1.165, 1.54) is 0 Å². The number of rotatable bonds is 5. The first-order chi connectivity index (χ1) is 7.01. The van der Waals surface area contributed by atoms with Crippen molar-refractivity contribution in [2.45, 2.75) is 39.7 Å². The van der Waals surface area contributed by atoms with E-state index in [0.717, 1.165) is 32.5 Å². The minimum atomic E-state index is -0.190. The standard InChI is InChI=1S/C12H25NO2/c1-4-13(7-8-14)9-10-5-6-12(2,3)11(10)15/h10-11,14-15H,4-9H2,1-3H3. The van der Waals surface area contributed by atoms with Crippen molar-refractivity contribution < 1.29 is 10.2 Å². The predicted molar refractivity (Wildman–Crippen MR) is 61.7 cm³/mol. The lowest BCUT2D eigenvalue weighted by molar-refractivity contribution is 0.0312. The molecule has 1 aliphatic carbocycles. The average Bonchev–Trinajstić information content (AvgIpc) is 2.44. The molecule has 1 rings (SSSR count). The van der Waals surface area contributed by atoms with E-state index in [4.69, 9.17) is 5.11 Å². The summed E-state index contributed by atoms with van der Waals surface area (Å²) in [6.07, 6.45) is 2.02. The van der Waals surface area contributed by atoms with Crippen LogP contribution in [0.25, 0.3) is 0 Å². The first-order valence-corrected chi connectivity index (χ1v) is 6.02. The second kappa shape index (κ2) is 5.28. The van der Waals surface area contributed by atoms with Gasteiger partial charge >= 0.3 is 0 Å². The van der Waals surface area contributed by atoms with E-state index < -0.39 is 0 Å². The van der Waals surface area contributed by atoms with Gasteiger partial charge in [0.25, 0.3) is 0 Å². The van der Waals surface area contributed by atoms with Gasteiger partial charge < -0.3 is 15.1 Å². The maximum atomic E-state index is 10.1. The molecule has 1 saturated carbocycles. The highest BCUT2D eigenvalue weighted by Crippen LogP contribution is 2.41. The van der Waals surface area contributed by atoms with Crippen LogP contribution in [0.15, 0.2) is 0 Å². The highest BCUT2D eigenvalue weighted by molar-refractivity contribution is 4.92. The lowest BCUT2D eigenvalue weighted by Gasteiger charge is -2.29. The Labute approximate surface area is 93.1 Å². The normalized spacial score (nSPS) is 30.0. The third kappa shape index (κ3) is 3.16. The Morgan fingerprint density at radius 3 is 2.47 bits per heavy atom. The number of nitrogens with zero attached hydrogens (tertiary/aromatic N) is 1. The topological polar surface area (TPSA) is 43.7 Å². The van der Waals surface area contributed by atoms with Crippen LogP contribution in [0.3, 0.4) is 0 Å². The number of hydrogen-bond donors (Lipinski definition) is 2. The van der Waals surface area contributed by atoms with Crippen molar-refractivity contribution in [3.8, 4) is 0 Å². The summed E-state index contributed by atoms with van der Waals surface area (Å²) in [7, 11) is 0. The maximum absolute atomic E-state index is 10.1. The van der Waals surface area contributed by atoms with Crippen molar-refractivity contribution in [1.82, 2.24) is 4.90 Å². The second-order valence-corrected chi connectivity index (χ2v) is 5.35. The van der Waals surface area contributed by atoms with E-state index in [-0.39, 0.29) is 18.1 Å². The highest BCUT2D eigenvalue weighted by atomic mass is 16.3. The summed E-state index contributed by atoms with van der Waals surface area (Å²) >= 11 is 0. The number of likely N-dealkylation sites (N-methyl/N-ethyl adjacent to an activating group) is 1. The molecule has 0 aromatic carbocycles. The van der Waals surface area contributed by atoms with Gasteiger partial charge in [-0.25, -0.2) is 0 Å². The predicted octanol–water partition coefficient (Wildman–Crippen LogP) is 1.10. The third-order valence-electron chi connectivity index (χ3n) is 3.76. The number of aliphatic hydroxyl groups is 2. The van der Waals surface area contributed by atoms with Gasteiger partial charge in [-0.15, -0.1) is 0 Å². The summed E-state index contributed by atoms with van der Waals surface area (Å²) in [5.74, 6) is 0.381. The Hall–Kier alpha value is -0.120. The lowest BCUT2D eigenvalue weighted by atomic mass is 9.87. The largest absolute Gasteiger partial charge is 0.395 e. The molecule has 0 amide bonds. The highest BCUT2D eigenvalue weighted by Gasteiger charge is 2.40. The summed E-state index contributed by atoms with van der Waals surface area (Å²) in [5.41, 5.74) is 0.0727. The molecule has 0 aliphatic heterocycles. The van der Waals surface area contributed by atoms with Gasteiger partial charge in [-0.1, -0.05) is 20.8 Å². The van der Waals surface area contributed by atoms with Gasteiger partial charge in [0.1, 0.15) is 0 Å². The van der Waals surface area contributed by atoms with Gasteiger partial charge in [-0.05, 0) is 30.7 Å². The summed E-state index contributed by atoms with van der Waals surface area (Å²) < 4.78 is 0. The van der Waals surface area contributed by atoms with Crippen LogP contribution in [-0.2, 0) is 0 Å². The van der Waals surface area contributed by atoms with Crippen molar-refractivity contribution in [3.63, 3.8) is 0 Å². The molecule has 2 atom stereocenters. The van der Waals surface area contributed by atoms with Gasteiger partial charge in [0.15, 0.2) is 0 Å². The zero-order valence-electron chi connectivity index (χ0n) is 10.2. The average molecular weight is 215 g/mol. The SMILES string of the molecule is CCN(CCO)CC1CCC(C)(C)C1O. The quantitative estimate of drug-likeness (QED) is 0.722. The van der Waals surface area contributed by atoms with Crippen LogP contribution in [-0.4, -0.2) is 47.5 Å². The van der Waals surface area contributed by atoms with Crippen molar-refractivity contribution in [2.75, 3.05) is 26.2 Å². The van der Waals surface area contributed by atoms with E-state index in [2.05, 4.69) is 25.7 Å². The summed E-state index contributed by atoms with van der Waals surface area (Å²) in [4.78, 5) is 2.22. The van der Waals surface area contributed by atoms with Crippen LogP contribution in [0.5, 0.6) is 0 Å². The van der Waals surface area contributed by atoms with Gasteiger partial charge in [-0.3, -0.25) is 0 Å². The fourth-order valence-electron chi connectivity index (χ4n) is 2.54. The van der Waals surface area contributed by atoms with Crippen LogP contribution in [0.4, 0.5) is 0 Å². The van der Waals surface area contributed by atoms with Crippen molar-refractivity contribution in [2.24, 2.45) is 11.3 Å². The van der Waals surface area contributed by atoms with Crippen molar-refractivity contribution in [1.29, 1.82) is 0 Å². The number of hydrogen-bond acceptors (Lipinski definition) is 3. The Balaban J connectivity index is 2.45. The summed E-state index contributed by atoms with van der Waals surface area (Å²) in [6.45, 7) is 9.17. The van der Waals surface area contributed by atoms with E-state index in [1.807, 2.05) is 0 Å². The molecule has 3 heteroatoms. The molecule has 0 aromatic rings. The lowest BCUT2D eigenvalue weighted by Crippen LogP contribution is -2.37. The molecule has 2 N–H and O–H groups in total. The van der Waals surface area contributed by atoms with E-state index in [9.17, 15) is 5.11 Å². The molecule has 0 radical (unpaired) electrons. The molecule has 0 aromatic heterocycles. The van der Waals surface area contributed by atoms with Crippen LogP contribution in [0, 0.1) is 11.3 Å². The monoisotopic (exact) mass is 215 g/mol. The van der Waals surface area contributed by atoms with Crippen LogP contribution in [0.2, 0.25) is 0 Å². The fraction of sp³-hybridized carbons (Fsp3) is 1.00. The smallest absolute Gasteiger partial charge is 0.0631 e. The molecular formula is C12H25NO2. The molecule has 90 valence electrons. The van der Waals surface area contributed by atoms with E-state index >= 15 is 0 Å². The molecule has 1 fully saturated rings. The number of aliphatic hydroxyl groups excluding tert-OH is 2. The Morgan fingerprint density at radius 2 is 2.07 bits per heavy atom. The van der Waals surface area contributed by atoms with Crippen LogP contribution >= 0.6 is 0 Å². The summed E-state index contributed by atoms with van der Waals surface area (Å²) in [6, 6.07) is 0. The summed E-state index contributed by atoms with van der Waals surface area (Å²) in [5, 5.41) is 19.0. The molecule has 0 spiro atoms. The Bertz CT molecular complexity index is 194.